The van der Waals surface area contributed by atoms with Crippen LogP contribution in [-0.2, 0) is 21.0 Å². The first-order valence-electron chi connectivity index (χ1n) is 13.5. The van der Waals surface area contributed by atoms with Gasteiger partial charge in [-0.3, -0.25) is 4.98 Å². The van der Waals surface area contributed by atoms with E-state index in [4.69, 9.17) is 14.1 Å². The van der Waals surface area contributed by atoms with Gasteiger partial charge >= 0.3 is 0 Å². The summed E-state index contributed by atoms with van der Waals surface area (Å²) in [6.45, 7) is 7.44. The molecular formula is C28H33N5O4S2. The number of nitrogens with one attached hydrogen (secondary N) is 1. The van der Waals surface area contributed by atoms with E-state index in [0.29, 0.717) is 45.8 Å². The average molecular weight is 568 g/mol. The van der Waals surface area contributed by atoms with Crippen molar-refractivity contribution in [2.24, 2.45) is 11.8 Å². The minimum Gasteiger partial charge on any atom is -0.421 e. The molecule has 1 fully saturated rings. The number of hydrogen-bond donors (Lipinski definition) is 1. The number of rotatable bonds is 7. The Morgan fingerprint density at radius 2 is 1.97 bits per heavy atom. The SMILES string of the molecule is CNc1nccc2cc(-c3c(-c4nnc(C)o4)c(CCC4CCOCC4)nc4c3S(=O)(=O)CC4C(C)C)sc12. The third kappa shape index (κ3) is 4.74. The smallest absolute Gasteiger partial charge is 0.250 e. The molecule has 0 aromatic carbocycles. The van der Waals surface area contributed by atoms with Crippen molar-refractivity contribution in [3.63, 3.8) is 0 Å². The van der Waals surface area contributed by atoms with Gasteiger partial charge in [-0.1, -0.05) is 13.8 Å². The van der Waals surface area contributed by atoms with Crippen molar-refractivity contribution in [2.45, 2.75) is 57.3 Å². The zero-order valence-corrected chi connectivity index (χ0v) is 24.3. The molecular weight excluding hydrogens is 534 g/mol. The van der Waals surface area contributed by atoms with Gasteiger partial charge in [-0.25, -0.2) is 13.4 Å². The van der Waals surface area contributed by atoms with Gasteiger partial charge in [0.1, 0.15) is 5.82 Å². The molecule has 2 aliphatic rings. The van der Waals surface area contributed by atoms with Crippen molar-refractivity contribution in [2.75, 3.05) is 31.3 Å². The molecule has 4 aromatic heterocycles. The fourth-order valence-electron chi connectivity index (χ4n) is 5.80. The Labute approximate surface area is 232 Å². The first-order chi connectivity index (χ1) is 18.8. The second kappa shape index (κ2) is 10.3. The van der Waals surface area contributed by atoms with E-state index in [-0.39, 0.29) is 17.6 Å². The molecule has 0 radical (unpaired) electrons. The first kappa shape index (κ1) is 26.3. The Bertz CT molecular complexity index is 1640. The van der Waals surface area contributed by atoms with E-state index >= 15 is 0 Å². The maximum Gasteiger partial charge on any atom is 0.250 e. The summed E-state index contributed by atoms with van der Waals surface area (Å²) >= 11 is 1.52. The van der Waals surface area contributed by atoms with Crippen LogP contribution in [0.3, 0.4) is 0 Å². The van der Waals surface area contributed by atoms with Crippen molar-refractivity contribution in [3.05, 3.63) is 35.6 Å². The predicted molar refractivity (Wildman–Crippen MR) is 152 cm³/mol. The second-order valence-electron chi connectivity index (χ2n) is 10.8. The molecule has 0 amide bonds. The van der Waals surface area contributed by atoms with Gasteiger partial charge in [-0.2, -0.15) is 0 Å². The maximum atomic E-state index is 13.9. The van der Waals surface area contributed by atoms with E-state index in [1.165, 1.54) is 11.3 Å². The summed E-state index contributed by atoms with van der Waals surface area (Å²) in [4.78, 5) is 10.8. The van der Waals surface area contributed by atoms with Crippen molar-refractivity contribution >= 4 is 37.1 Å². The number of pyridine rings is 2. The van der Waals surface area contributed by atoms with Crippen LogP contribution in [0.4, 0.5) is 5.82 Å². The van der Waals surface area contributed by atoms with Gasteiger partial charge in [-0.15, -0.1) is 21.5 Å². The van der Waals surface area contributed by atoms with E-state index in [1.54, 1.807) is 13.1 Å². The summed E-state index contributed by atoms with van der Waals surface area (Å²) < 4.78 is 40.3. The molecule has 1 atom stereocenters. The second-order valence-corrected chi connectivity index (χ2v) is 13.8. The Balaban J connectivity index is 1.64. The highest BCUT2D eigenvalue weighted by molar-refractivity contribution is 7.92. The topological polar surface area (TPSA) is 120 Å². The molecule has 11 heteroatoms. The lowest BCUT2D eigenvalue weighted by molar-refractivity contribution is 0.0639. The number of sulfone groups is 1. The van der Waals surface area contributed by atoms with E-state index in [2.05, 4.69) is 34.3 Å². The van der Waals surface area contributed by atoms with Gasteiger partial charge < -0.3 is 14.5 Å². The number of fused-ring (bicyclic) bond motifs is 2. The van der Waals surface area contributed by atoms with Crippen molar-refractivity contribution < 1.29 is 17.6 Å². The molecule has 4 aromatic rings. The van der Waals surface area contributed by atoms with E-state index in [1.807, 2.05) is 19.2 Å². The molecule has 0 bridgehead atoms. The standard InChI is InChI=1S/C28H33N5O4S2/c1-15(2)19-14-39(34,35)26-23(21-13-18-7-10-30-27(29-4)25(18)38-21)22(28-33-32-16(3)37-28)20(31-24(19)26)6-5-17-8-11-36-12-9-17/h7,10,13,15,17,19H,5-6,8-9,11-12,14H2,1-4H3,(H,29,30). The summed E-state index contributed by atoms with van der Waals surface area (Å²) in [6, 6.07) is 4.00. The molecule has 206 valence electrons. The van der Waals surface area contributed by atoms with Gasteiger partial charge in [0.2, 0.25) is 11.8 Å². The van der Waals surface area contributed by atoms with Crippen LogP contribution in [0.2, 0.25) is 0 Å². The van der Waals surface area contributed by atoms with Gasteiger partial charge in [0.05, 0.1) is 32.3 Å². The third-order valence-electron chi connectivity index (χ3n) is 7.91. The highest BCUT2D eigenvalue weighted by Gasteiger charge is 2.43. The molecule has 0 saturated carbocycles. The molecule has 6 heterocycles. The Morgan fingerprint density at radius 3 is 2.67 bits per heavy atom. The normalized spacial score (nSPS) is 19.2. The van der Waals surface area contributed by atoms with Crippen molar-refractivity contribution in [1.82, 2.24) is 20.2 Å². The number of hydrogen-bond acceptors (Lipinski definition) is 10. The number of aryl methyl sites for hydroxylation is 2. The minimum atomic E-state index is -3.60. The van der Waals surface area contributed by atoms with Crippen molar-refractivity contribution in [1.29, 1.82) is 0 Å². The number of nitrogens with zero attached hydrogens (tertiary/aromatic N) is 4. The highest BCUT2D eigenvalue weighted by atomic mass is 32.2. The lowest BCUT2D eigenvalue weighted by atomic mass is 9.89. The molecule has 6 rings (SSSR count). The molecule has 9 nitrogen and oxygen atoms in total. The van der Waals surface area contributed by atoms with Crippen LogP contribution in [0.25, 0.3) is 32.0 Å². The average Bonchev–Trinajstić information content (AvgIpc) is 3.62. The molecule has 0 spiro atoms. The number of aromatic nitrogens is 4. The molecule has 0 aliphatic carbocycles. The van der Waals surface area contributed by atoms with Gasteiger partial charge in [0, 0.05) is 49.7 Å². The van der Waals surface area contributed by atoms with Crippen LogP contribution in [-0.4, -0.2) is 54.6 Å². The Hall–Kier alpha value is -2.89. The van der Waals surface area contributed by atoms with Gasteiger partial charge in [0.25, 0.3) is 0 Å². The molecule has 2 aliphatic heterocycles. The Kier molecular flexibility index (Phi) is 6.93. The summed E-state index contributed by atoms with van der Waals surface area (Å²) in [5.41, 5.74) is 2.77. The Morgan fingerprint density at radius 1 is 1.18 bits per heavy atom. The van der Waals surface area contributed by atoms with Crippen LogP contribution in [0.5, 0.6) is 0 Å². The summed E-state index contributed by atoms with van der Waals surface area (Å²) in [5, 5.41) is 12.6. The maximum absolute atomic E-state index is 13.9. The lowest BCUT2D eigenvalue weighted by Crippen LogP contribution is -2.17. The lowest BCUT2D eigenvalue weighted by Gasteiger charge is -2.23. The largest absolute Gasteiger partial charge is 0.421 e. The quantitative estimate of drug-likeness (QED) is 0.302. The number of thiophene rings is 1. The summed E-state index contributed by atoms with van der Waals surface area (Å²) in [5.74, 6) is 2.04. The molecule has 1 saturated heterocycles. The van der Waals surface area contributed by atoms with Crippen LogP contribution < -0.4 is 5.32 Å². The molecule has 1 N–H and O–H groups in total. The van der Waals surface area contributed by atoms with Gasteiger partial charge in [-0.05, 0) is 55.0 Å². The monoisotopic (exact) mass is 567 g/mol. The molecule has 1 unspecified atom stereocenters. The zero-order chi connectivity index (χ0) is 27.3. The van der Waals surface area contributed by atoms with E-state index in [9.17, 15) is 8.42 Å². The first-order valence-corrected chi connectivity index (χ1v) is 16.0. The van der Waals surface area contributed by atoms with Crippen LogP contribution >= 0.6 is 11.3 Å². The number of ether oxygens (including phenoxy) is 1. The number of anilines is 1. The zero-order valence-electron chi connectivity index (χ0n) is 22.7. The van der Waals surface area contributed by atoms with Gasteiger partial charge in [0.15, 0.2) is 9.84 Å². The van der Waals surface area contributed by atoms with E-state index < -0.39 is 9.84 Å². The third-order valence-corrected chi connectivity index (χ3v) is 10.9. The summed E-state index contributed by atoms with van der Waals surface area (Å²) in [7, 11) is -1.76. The highest BCUT2D eigenvalue weighted by Crippen LogP contribution is 2.50. The molecule has 39 heavy (non-hydrogen) atoms. The van der Waals surface area contributed by atoms with Crippen LogP contribution in [0.15, 0.2) is 27.6 Å². The van der Waals surface area contributed by atoms with Crippen LogP contribution in [0, 0.1) is 18.8 Å². The van der Waals surface area contributed by atoms with Crippen LogP contribution in [0.1, 0.15) is 56.3 Å². The summed E-state index contributed by atoms with van der Waals surface area (Å²) in [6.07, 6.45) is 5.43. The predicted octanol–water partition coefficient (Wildman–Crippen LogP) is 5.64. The fourth-order valence-corrected chi connectivity index (χ4v) is 9.29. The fraction of sp³-hybridized carbons (Fsp3) is 0.500. The minimum absolute atomic E-state index is 0.0555. The van der Waals surface area contributed by atoms with E-state index in [0.717, 1.165) is 59.0 Å². The van der Waals surface area contributed by atoms with Crippen molar-refractivity contribution in [3.8, 4) is 21.9 Å².